The van der Waals surface area contributed by atoms with Crippen LogP contribution in [0.25, 0.3) is 0 Å². The van der Waals surface area contributed by atoms with Crippen molar-refractivity contribution in [2.45, 2.75) is 32.2 Å². The highest BCUT2D eigenvalue weighted by Crippen LogP contribution is 2.29. The van der Waals surface area contributed by atoms with E-state index in [0.717, 1.165) is 31.5 Å². The Bertz CT molecular complexity index is 459. The van der Waals surface area contributed by atoms with Gasteiger partial charge in [-0.15, -0.1) is 0 Å². The lowest BCUT2D eigenvalue weighted by atomic mass is 10.0. The molecule has 2 rings (SSSR count). The summed E-state index contributed by atoms with van der Waals surface area (Å²) in [7, 11) is 1.37. The Labute approximate surface area is 114 Å². The first kappa shape index (κ1) is 13.9. The SMILES string of the molecule is CCCN1CCc2cc(CC(N)C(=O)OC)ccc21. The Hall–Kier alpha value is -1.55. The Morgan fingerprint density at radius 2 is 2.32 bits per heavy atom. The van der Waals surface area contributed by atoms with Gasteiger partial charge >= 0.3 is 5.97 Å². The third-order valence-electron chi connectivity index (χ3n) is 3.59. The third kappa shape index (κ3) is 3.07. The van der Waals surface area contributed by atoms with E-state index in [4.69, 9.17) is 5.73 Å². The first-order valence-corrected chi connectivity index (χ1v) is 6.86. The van der Waals surface area contributed by atoms with E-state index in [0.29, 0.717) is 6.42 Å². The van der Waals surface area contributed by atoms with E-state index in [1.807, 2.05) is 0 Å². The lowest BCUT2D eigenvalue weighted by Gasteiger charge is -2.18. The second kappa shape index (κ2) is 6.06. The molecule has 4 heteroatoms. The summed E-state index contributed by atoms with van der Waals surface area (Å²) in [6, 6.07) is 5.82. The van der Waals surface area contributed by atoms with Gasteiger partial charge in [0.15, 0.2) is 0 Å². The number of carbonyl (C=O) groups is 1. The molecule has 0 spiro atoms. The van der Waals surface area contributed by atoms with Crippen LogP contribution in [0.2, 0.25) is 0 Å². The maximum Gasteiger partial charge on any atom is 0.322 e. The van der Waals surface area contributed by atoms with Crippen molar-refractivity contribution < 1.29 is 9.53 Å². The molecule has 1 aliphatic rings. The Kier molecular flexibility index (Phi) is 4.43. The van der Waals surface area contributed by atoms with Crippen molar-refractivity contribution in [1.82, 2.24) is 0 Å². The van der Waals surface area contributed by atoms with Crippen LogP contribution in [0.1, 0.15) is 24.5 Å². The molecule has 0 saturated heterocycles. The number of ether oxygens (including phenoxy) is 1. The molecule has 1 aromatic carbocycles. The third-order valence-corrected chi connectivity index (χ3v) is 3.59. The molecule has 19 heavy (non-hydrogen) atoms. The highest BCUT2D eigenvalue weighted by Gasteiger charge is 2.20. The summed E-state index contributed by atoms with van der Waals surface area (Å²) in [5.41, 5.74) is 9.60. The van der Waals surface area contributed by atoms with Gasteiger partial charge in [0.2, 0.25) is 0 Å². The smallest absolute Gasteiger partial charge is 0.322 e. The second-order valence-corrected chi connectivity index (χ2v) is 5.03. The molecule has 0 radical (unpaired) electrons. The van der Waals surface area contributed by atoms with Crippen LogP contribution >= 0.6 is 0 Å². The monoisotopic (exact) mass is 262 g/mol. The van der Waals surface area contributed by atoms with Crippen LogP contribution in [0, 0.1) is 0 Å². The van der Waals surface area contributed by atoms with Gasteiger partial charge in [-0.2, -0.15) is 0 Å². The molecule has 1 aromatic rings. The summed E-state index contributed by atoms with van der Waals surface area (Å²) >= 11 is 0. The molecular formula is C15H22N2O2. The van der Waals surface area contributed by atoms with E-state index in [1.54, 1.807) is 0 Å². The van der Waals surface area contributed by atoms with Crippen LogP contribution in [0.15, 0.2) is 18.2 Å². The lowest BCUT2D eigenvalue weighted by Crippen LogP contribution is -2.33. The number of anilines is 1. The molecule has 4 nitrogen and oxygen atoms in total. The van der Waals surface area contributed by atoms with Crippen molar-refractivity contribution in [3.63, 3.8) is 0 Å². The van der Waals surface area contributed by atoms with Gasteiger partial charge < -0.3 is 15.4 Å². The number of carbonyl (C=O) groups excluding carboxylic acids is 1. The van der Waals surface area contributed by atoms with Gasteiger partial charge in [-0.1, -0.05) is 19.1 Å². The molecule has 1 atom stereocenters. The van der Waals surface area contributed by atoms with E-state index >= 15 is 0 Å². The quantitative estimate of drug-likeness (QED) is 0.817. The molecular weight excluding hydrogens is 240 g/mol. The fraction of sp³-hybridized carbons (Fsp3) is 0.533. The van der Waals surface area contributed by atoms with Crippen molar-refractivity contribution >= 4 is 11.7 Å². The van der Waals surface area contributed by atoms with Crippen molar-refractivity contribution in [3.8, 4) is 0 Å². The molecule has 0 fully saturated rings. The number of rotatable bonds is 5. The van der Waals surface area contributed by atoms with Gasteiger partial charge in [-0.3, -0.25) is 4.79 Å². The maximum absolute atomic E-state index is 11.3. The zero-order valence-corrected chi connectivity index (χ0v) is 11.7. The molecule has 0 aliphatic carbocycles. The average molecular weight is 262 g/mol. The van der Waals surface area contributed by atoms with Crippen LogP contribution in [-0.2, 0) is 22.4 Å². The number of methoxy groups -OCH3 is 1. The van der Waals surface area contributed by atoms with E-state index in [9.17, 15) is 4.79 Å². The Morgan fingerprint density at radius 1 is 1.53 bits per heavy atom. The summed E-state index contributed by atoms with van der Waals surface area (Å²) in [5.74, 6) is -0.354. The number of nitrogens with zero attached hydrogens (tertiary/aromatic N) is 1. The topological polar surface area (TPSA) is 55.6 Å². The zero-order valence-electron chi connectivity index (χ0n) is 11.7. The van der Waals surface area contributed by atoms with Gasteiger partial charge in [0.05, 0.1) is 7.11 Å². The fourth-order valence-electron chi connectivity index (χ4n) is 2.64. The summed E-state index contributed by atoms with van der Waals surface area (Å²) in [6.07, 6.45) is 2.78. The van der Waals surface area contributed by atoms with Crippen molar-refractivity contribution in [2.75, 3.05) is 25.1 Å². The molecule has 1 aliphatic heterocycles. The summed E-state index contributed by atoms with van der Waals surface area (Å²) < 4.78 is 4.65. The van der Waals surface area contributed by atoms with E-state index in [-0.39, 0.29) is 5.97 Å². The number of nitrogens with two attached hydrogens (primary N) is 1. The number of hydrogen-bond donors (Lipinski definition) is 1. The minimum absolute atomic E-state index is 0.354. The molecule has 0 aromatic heterocycles. The van der Waals surface area contributed by atoms with Crippen molar-refractivity contribution in [3.05, 3.63) is 29.3 Å². The van der Waals surface area contributed by atoms with Gasteiger partial charge in [-0.05, 0) is 36.5 Å². The molecule has 0 amide bonds. The number of hydrogen-bond acceptors (Lipinski definition) is 4. The number of esters is 1. The molecule has 1 heterocycles. The maximum atomic E-state index is 11.3. The van der Waals surface area contributed by atoms with Crippen LogP contribution < -0.4 is 10.6 Å². The Balaban J connectivity index is 2.08. The standard InChI is InChI=1S/C15H22N2O2/c1-3-7-17-8-6-12-9-11(4-5-14(12)17)10-13(16)15(18)19-2/h4-5,9,13H,3,6-8,10,16H2,1-2H3. The van der Waals surface area contributed by atoms with Crippen molar-refractivity contribution in [1.29, 1.82) is 0 Å². The minimum atomic E-state index is -0.573. The van der Waals surface area contributed by atoms with Crippen LogP contribution in [0.4, 0.5) is 5.69 Å². The predicted molar refractivity (Wildman–Crippen MR) is 76.3 cm³/mol. The zero-order chi connectivity index (χ0) is 13.8. The first-order chi connectivity index (χ1) is 9.15. The number of fused-ring (bicyclic) bond motifs is 1. The molecule has 0 bridgehead atoms. The van der Waals surface area contributed by atoms with Crippen LogP contribution in [0.5, 0.6) is 0 Å². The van der Waals surface area contributed by atoms with E-state index in [2.05, 4.69) is 34.8 Å². The van der Waals surface area contributed by atoms with Crippen LogP contribution in [-0.4, -0.2) is 32.2 Å². The van der Waals surface area contributed by atoms with Crippen LogP contribution in [0.3, 0.4) is 0 Å². The molecule has 1 unspecified atom stereocenters. The predicted octanol–water partition coefficient (Wildman–Crippen LogP) is 1.50. The van der Waals surface area contributed by atoms with Crippen molar-refractivity contribution in [2.24, 2.45) is 5.73 Å². The van der Waals surface area contributed by atoms with Gasteiger partial charge in [-0.25, -0.2) is 0 Å². The lowest BCUT2D eigenvalue weighted by molar-refractivity contribution is -0.142. The average Bonchev–Trinajstić information content (AvgIpc) is 2.81. The van der Waals surface area contributed by atoms with Gasteiger partial charge in [0.25, 0.3) is 0 Å². The summed E-state index contributed by atoms with van der Waals surface area (Å²) in [4.78, 5) is 13.7. The largest absolute Gasteiger partial charge is 0.468 e. The molecule has 104 valence electrons. The normalized spacial score (nSPS) is 15.2. The van der Waals surface area contributed by atoms with E-state index in [1.165, 1.54) is 18.4 Å². The molecule has 2 N–H and O–H groups in total. The van der Waals surface area contributed by atoms with Gasteiger partial charge in [0.1, 0.15) is 6.04 Å². The minimum Gasteiger partial charge on any atom is -0.468 e. The van der Waals surface area contributed by atoms with Gasteiger partial charge in [0, 0.05) is 18.8 Å². The Morgan fingerprint density at radius 3 is 3.00 bits per heavy atom. The first-order valence-electron chi connectivity index (χ1n) is 6.86. The van der Waals surface area contributed by atoms with E-state index < -0.39 is 6.04 Å². The summed E-state index contributed by atoms with van der Waals surface area (Å²) in [6.45, 7) is 4.39. The fourth-order valence-corrected chi connectivity index (χ4v) is 2.64. The second-order valence-electron chi connectivity index (χ2n) is 5.03. The highest BCUT2D eigenvalue weighted by atomic mass is 16.5. The highest BCUT2D eigenvalue weighted by molar-refractivity contribution is 5.75. The summed E-state index contributed by atoms with van der Waals surface area (Å²) in [5, 5.41) is 0. The number of benzene rings is 1. The molecule has 0 saturated carbocycles.